The Bertz CT molecular complexity index is 775. The molecule has 9 nitrogen and oxygen atoms in total. The summed E-state index contributed by atoms with van der Waals surface area (Å²) in [7, 11) is 0. The van der Waals surface area contributed by atoms with Crippen LogP contribution in [0.1, 0.15) is 33.3 Å². The van der Waals surface area contributed by atoms with Crippen molar-refractivity contribution < 1.29 is 28.7 Å². The molecule has 0 radical (unpaired) electrons. The molecule has 0 unspecified atom stereocenters. The number of benzene rings is 1. The fourth-order valence-corrected chi connectivity index (χ4v) is 3.30. The lowest BCUT2D eigenvalue weighted by atomic mass is 9.91. The van der Waals surface area contributed by atoms with Crippen molar-refractivity contribution in [3.63, 3.8) is 0 Å². The zero-order chi connectivity index (χ0) is 22.3. The highest BCUT2D eigenvalue weighted by molar-refractivity contribution is 5.91. The van der Waals surface area contributed by atoms with E-state index in [1.807, 2.05) is 51.1 Å². The summed E-state index contributed by atoms with van der Waals surface area (Å²) in [6, 6.07) is 9.23. The van der Waals surface area contributed by atoms with Crippen LogP contribution >= 0.6 is 0 Å². The van der Waals surface area contributed by atoms with E-state index in [1.165, 1.54) is 9.80 Å². The third kappa shape index (κ3) is 6.20. The monoisotopic (exact) mass is 419 g/mol. The van der Waals surface area contributed by atoms with Gasteiger partial charge in [0, 0.05) is 5.41 Å². The largest absolute Gasteiger partial charge is 0.465 e. The molecule has 0 saturated carbocycles. The smallest absolute Gasteiger partial charge is 0.412 e. The highest BCUT2D eigenvalue weighted by Gasteiger charge is 2.47. The number of nitrogens with one attached hydrogen (secondary N) is 1. The number of esters is 1. The Morgan fingerprint density at radius 2 is 1.80 bits per heavy atom. The van der Waals surface area contributed by atoms with Gasteiger partial charge in [-0.1, -0.05) is 51.1 Å². The molecule has 9 heteroatoms. The molecule has 0 spiro atoms. The quantitative estimate of drug-likeness (QED) is 0.672. The summed E-state index contributed by atoms with van der Waals surface area (Å²) in [6.45, 7) is 6.85. The zero-order valence-corrected chi connectivity index (χ0v) is 17.8. The van der Waals surface area contributed by atoms with Crippen molar-refractivity contribution in [2.75, 3.05) is 26.2 Å². The topological polar surface area (TPSA) is 105 Å². The van der Waals surface area contributed by atoms with Crippen molar-refractivity contribution in [1.82, 2.24) is 15.1 Å². The first-order chi connectivity index (χ1) is 14.1. The van der Waals surface area contributed by atoms with Crippen molar-refractivity contribution >= 4 is 23.9 Å². The average Bonchev–Trinajstić information content (AvgIpc) is 3.02. The van der Waals surface area contributed by atoms with Crippen LogP contribution in [0.25, 0.3) is 0 Å². The fraction of sp³-hybridized carbons (Fsp3) is 0.524. The third-order valence-electron chi connectivity index (χ3n) is 4.48. The summed E-state index contributed by atoms with van der Waals surface area (Å²) < 4.78 is 10.2. The highest BCUT2D eigenvalue weighted by Crippen LogP contribution is 2.32. The second-order valence-electron chi connectivity index (χ2n) is 8.01. The van der Waals surface area contributed by atoms with E-state index in [-0.39, 0.29) is 38.8 Å². The molecule has 0 bridgehead atoms. The second-order valence-corrected chi connectivity index (χ2v) is 8.01. The van der Waals surface area contributed by atoms with Gasteiger partial charge in [0.25, 0.3) is 0 Å². The van der Waals surface area contributed by atoms with E-state index in [9.17, 15) is 19.2 Å². The number of hydrogen-bond acceptors (Lipinski definition) is 6. The minimum atomic E-state index is -0.665. The minimum Gasteiger partial charge on any atom is -0.465 e. The molecular weight excluding hydrogens is 390 g/mol. The van der Waals surface area contributed by atoms with Crippen LogP contribution in [0.3, 0.4) is 0 Å². The lowest BCUT2D eigenvalue weighted by Gasteiger charge is -2.38. The van der Waals surface area contributed by atoms with Crippen LogP contribution in [0.15, 0.2) is 30.3 Å². The van der Waals surface area contributed by atoms with Crippen molar-refractivity contribution in [3.8, 4) is 0 Å². The van der Waals surface area contributed by atoms with E-state index < -0.39 is 29.6 Å². The number of rotatable bonds is 7. The predicted molar refractivity (Wildman–Crippen MR) is 108 cm³/mol. The first-order valence-corrected chi connectivity index (χ1v) is 9.82. The molecule has 1 aliphatic rings. The van der Waals surface area contributed by atoms with Gasteiger partial charge >= 0.3 is 12.1 Å². The van der Waals surface area contributed by atoms with Crippen LogP contribution in [-0.2, 0) is 30.5 Å². The predicted octanol–water partition coefficient (Wildman–Crippen LogP) is 1.52. The Hall–Kier alpha value is -3.10. The molecule has 1 aliphatic heterocycles. The standard InChI is InChI=1S/C21H29N3O6/c1-5-29-18(27)11-22-16(25)12-23-17(26)13-24(19(23)21(2,3)4)20(28)30-14-15-9-7-6-8-10-15/h6-10,19H,5,11-14H2,1-4H3,(H,22,25)/t19-/m0/s1. The van der Waals surface area contributed by atoms with E-state index in [4.69, 9.17) is 9.47 Å². The molecule has 1 fully saturated rings. The molecule has 1 saturated heterocycles. The van der Waals surface area contributed by atoms with Crippen LogP contribution < -0.4 is 5.32 Å². The maximum absolute atomic E-state index is 12.7. The van der Waals surface area contributed by atoms with Gasteiger partial charge in [-0.2, -0.15) is 0 Å². The Balaban J connectivity index is 2.04. The van der Waals surface area contributed by atoms with E-state index in [2.05, 4.69) is 5.32 Å². The van der Waals surface area contributed by atoms with Crippen LogP contribution in [0.2, 0.25) is 0 Å². The first-order valence-electron chi connectivity index (χ1n) is 9.82. The zero-order valence-electron chi connectivity index (χ0n) is 17.8. The summed E-state index contributed by atoms with van der Waals surface area (Å²) in [4.78, 5) is 51.7. The molecule has 0 aliphatic carbocycles. The molecule has 1 N–H and O–H groups in total. The summed E-state index contributed by atoms with van der Waals surface area (Å²) in [5.74, 6) is -1.43. The summed E-state index contributed by atoms with van der Waals surface area (Å²) >= 11 is 0. The minimum absolute atomic E-state index is 0.0846. The summed E-state index contributed by atoms with van der Waals surface area (Å²) in [5, 5.41) is 2.44. The molecule has 1 aromatic rings. The van der Waals surface area contributed by atoms with E-state index in [0.717, 1.165) is 5.56 Å². The Morgan fingerprint density at radius 3 is 2.40 bits per heavy atom. The fourth-order valence-electron chi connectivity index (χ4n) is 3.30. The molecule has 3 amide bonds. The lowest BCUT2D eigenvalue weighted by Crippen LogP contribution is -2.53. The normalized spacial score (nSPS) is 16.4. The van der Waals surface area contributed by atoms with Gasteiger partial charge in [0.1, 0.15) is 32.4 Å². The third-order valence-corrected chi connectivity index (χ3v) is 4.48. The second kappa shape index (κ2) is 10.1. The van der Waals surface area contributed by atoms with Gasteiger partial charge in [-0.15, -0.1) is 0 Å². The van der Waals surface area contributed by atoms with E-state index in [0.29, 0.717) is 0 Å². The molecular formula is C21H29N3O6. The molecule has 1 atom stereocenters. The van der Waals surface area contributed by atoms with Crippen LogP contribution in [0.4, 0.5) is 4.79 Å². The number of nitrogens with zero attached hydrogens (tertiary/aromatic N) is 2. The van der Waals surface area contributed by atoms with Gasteiger partial charge in [-0.3, -0.25) is 19.3 Å². The van der Waals surface area contributed by atoms with Gasteiger partial charge in [0.2, 0.25) is 11.8 Å². The van der Waals surface area contributed by atoms with Crippen molar-refractivity contribution in [2.24, 2.45) is 5.41 Å². The average molecular weight is 419 g/mol. The highest BCUT2D eigenvalue weighted by atomic mass is 16.6. The number of carbonyl (C=O) groups excluding carboxylic acids is 4. The number of amides is 3. The summed E-state index contributed by atoms with van der Waals surface area (Å²) in [5.41, 5.74) is 0.304. The van der Waals surface area contributed by atoms with Crippen LogP contribution in [0.5, 0.6) is 0 Å². The van der Waals surface area contributed by atoms with E-state index in [1.54, 1.807) is 6.92 Å². The van der Waals surface area contributed by atoms with Crippen molar-refractivity contribution in [1.29, 1.82) is 0 Å². The summed E-state index contributed by atoms with van der Waals surface area (Å²) in [6.07, 6.45) is -1.29. The SMILES string of the molecule is CCOC(=O)CNC(=O)CN1C(=O)CN(C(=O)OCc2ccccc2)[C@H]1C(C)(C)C. The maximum atomic E-state index is 12.7. The van der Waals surface area contributed by atoms with E-state index >= 15 is 0 Å². The maximum Gasteiger partial charge on any atom is 0.412 e. The number of ether oxygens (including phenoxy) is 2. The molecule has 164 valence electrons. The van der Waals surface area contributed by atoms with Gasteiger partial charge in [0.15, 0.2) is 0 Å². The van der Waals surface area contributed by atoms with Crippen molar-refractivity contribution in [3.05, 3.63) is 35.9 Å². The Morgan fingerprint density at radius 1 is 1.13 bits per heavy atom. The number of carbonyl (C=O) groups is 4. The number of hydrogen-bond donors (Lipinski definition) is 1. The molecule has 30 heavy (non-hydrogen) atoms. The molecule has 2 rings (SSSR count). The van der Waals surface area contributed by atoms with Gasteiger partial charge < -0.3 is 19.7 Å². The Kier molecular flexibility index (Phi) is 7.79. The van der Waals surface area contributed by atoms with Gasteiger partial charge in [-0.25, -0.2) is 4.79 Å². The molecule has 0 aromatic heterocycles. The van der Waals surface area contributed by atoms with Gasteiger partial charge in [0.05, 0.1) is 6.61 Å². The van der Waals surface area contributed by atoms with Crippen LogP contribution in [-0.4, -0.2) is 66.1 Å². The first kappa shape index (κ1) is 23.2. The van der Waals surface area contributed by atoms with Crippen molar-refractivity contribution in [2.45, 2.75) is 40.5 Å². The van der Waals surface area contributed by atoms with Gasteiger partial charge in [-0.05, 0) is 12.5 Å². The Labute approximate surface area is 176 Å². The van der Waals surface area contributed by atoms with Crippen LogP contribution in [0, 0.1) is 5.41 Å². The molecule has 1 aromatic carbocycles. The lowest BCUT2D eigenvalue weighted by molar-refractivity contribution is -0.144. The molecule has 1 heterocycles.